The predicted octanol–water partition coefficient (Wildman–Crippen LogP) is 0.251. The van der Waals surface area contributed by atoms with Gasteiger partial charge in [-0.05, 0) is 5.56 Å². The van der Waals surface area contributed by atoms with Gasteiger partial charge in [0.2, 0.25) is 0 Å². The van der Waals surface area contributed by atoms with Crippen LogP contribution in [-0.2, 0) is 11.3 Å². The highest BCUT2D eigenvalue weighted by Crippen LogP contribution is 2.18. The standard InChI is InChI=1S/C11H15N3O2/c12-9-6-14(11(13)15)10(9)16-7-8-4-2-1-3-5-8/h1-5,9-10H,6-7,12H2,(H2,13,15). The van der Waals surface area contributed by atoms with Crippen LogP contribution in [-0.4, -0.2) is 29.7 Å². The zero-order valence-corrected chi connectivity index (χ0v) is 8.87. The Morgan fingerprint density at radius 3 is 2.69 bits per heavy atom. The number of hydrogen-bond acceptors (Lipinski definition) is 3. The van der Waals surface area contributed by atoms with Gasteiger partial charge in [-0.25, -0.2) is 4.79 Å². The van der Waals surface area contributed by atoms with E-state index in [1.165, 1.54) is 4.90 Å². The van der Waals surface area contributed by atoms with Crippen LogP contribution in [0.3, 0.4) is 0 Å². The topological polar surface area (TPSA) is 81.6 Å². The molecule has 5 heteroatoms. The molecule has 2 rings (SSSR count). The summed E-state index contributed by atoms with van der Waals surface area (Å²) >= 11 is 0. The number of hydrogen-bond donors (Lipinski definition) is 2. The number of benzene rings is 1. The molecule has 2 atom stereocenters. The molecule has 1 saturated heterocycles. The summed E-state index contributed by atoms with van der Waals surface area (Å²) in [5.74, 6) is 0. The molecule has 86 valence electrons. The van der Waals surface area contributed by atoms with E-state index in [1.807, 2.05) is 30.3 Å². The fraction of sp³-hybridized carbons (Fsp3) is 0.364. The van der Waals surface area contributed by atoms with Gasteiger partial charge in [0.05, 0.1) is 12.6 Å². The number of carbonyl (C=O) groups is 1. The fourth-order valence-electron chi connectivity index (χ4n) is 1.70. The van der Waals surface area contributed by atoms with Crippen LogP contribution >= 0.6 is 0 Å². The molecule has 2 unspecified atom stereocenters. The van der Waals surface area contributed by atoms with Crippen molar-refractivity contribution in [2.45, 2.75) is 18.9 Å². The summed E-state index contributed by atoms with van der Waals surface area (Å²) in [7, 11) is 0. The Hall–Kier alpha value is -1.59. The lowest BCUT2D eigenvalue weighted by molar-refractivity contribution is -0.116. The number of nitrogens with two attached hydrogens (primary N) is 2. The van der Waals surface area contributed by atoms with Gasteiger partial charge < -0.3 is 16.2 Å². The van der Waals surface area contributed by atoms with Crippen molar-refractivity contribution in [2.75, 3.05) is 6.54 Å². The second-order valence-electron chi connectivity index (χ2n) is 3.84. The molecule has 1 heterocycles. The largest absolute Gasteiger partial charge is 0.352 e. The van der Waals surface area contributed by atoms with Crippen LogP contribution in [0.15, 0.2) is 30.3 Å². The van der Waals surface area contributed by atoms with Gasteiger partial charge in [-0.2, -0.15) is 0 Å². The third-order valence-electron chi connectivity index (χ3n) is 2.63. The molecule has 1 fully saturated rings. The van der Waals surface area contributed by atoms with E-state index in [1.54, 1.807) is 0 Å². The summed E-state index contributed by atoms with van der Waals surface area (Å²) in [5.41, 5.74) is 12.0. The zero-order valence-electron chi connectivity index (χ0n) is 8.87. The molecular formula is C11H15N3O2. The maximum atomic E-state index is 11.0. The summed E-state index contributed by atoms with van der Waals surface area (Å²) in [6, 6.07) is 9.10. The molecule has 2 amide bonds. The number of urea groups is 1. The van der Waals surface area contributed by atoms with Gasteiger partial charge in [0.15, 0.2) is 6.23 Å². The molecule has 0 bridgehead atoms. The second kappa shape index (κ2) is 4.51. The summed E-state index contributed by atoms with van der Waals surface area (Å²) in [6.07, 6.45) is -0.391. The number of primary amides is 1. The molecule has 4 N–H and O–H groups in total. The van der Waals surface area contributed by atoms with Crippen molar-refractivity contribution in [3.63, 3.8) is 0 Å². The maximum Gasteiger partial charge on any atom is 0.316 e. The first-order chi connectivity index (χ1) is 7.68. The van der Waals surface area contributed by atoms with E-state index < -0.39 is 12.3 Å². The smallest absolute Gasteiger partial charge is 0.316 e. The van der Waals surface area contributed by atoms with Crippen LogP contribution in [0.2, 0.25) is 0 Å². The Morgan fingerprint density at radius 1 is 1.44 bits per heavy atom. The molecule has 0 radical (unpaired) electrons. The molecule has 1 aliphatic rings. The third kappa shape index (κ3) is 2.15. The molecule has 1 aliphatic heterocycles. The minimum absolute atomic E-state index is 0.142. The van der Waals surface area contributed by atoms with Gasteiger partial charge >= 0.3 is 6.03 Å². The van der Waals surface area contributed by atoms with Gasteiger partial charge in [0.25, 0.3) is 0 Å². The van der Waals surface area contributed by atoms with Crippen LogP contribution in [0.25, 0.3) is 0 Å². The van der Waals surface area contributed by atoms with Crippen molar-refractivity contribution in [1.29, 1.82) is 0 Å². The van der Waals surface area contributed by atoms with Crippen LogP contribution in [0.1, 0.15) is 5.56 Å². The van der Waals surface area contributed by atoms with Crippen LogP contribution in [0.4, 0.5) is 4.79 Å². The molecule has 5 nitrogen and oxygen atoms in total. The Labute approximate surface area is 94.0 Å². The van der Waals surface area contributed by atoms with E-state index in [4.69, 9.17) is 16.2 Å². The van der Waals surface area contributed by atoms with Crippen LogP contribution in [0.5, 0.6) is 0 Å². The molecule has 1 aromatic rings. The van der Waals surface area contributed by atoms with E-state index in [-0.39, 0.29) is 6.04 Å². The quantitative estimate of drug-likeness (QED) is 0.767. The maximum absolute atomic E-state index is 11.0. The summed E-state index contributed by atoms with van der Waals surface area (Å²) in [6.45, 7) is 0.901. The van der Waals surface area contributed by atoms with Crippen molar-refractivity contribution < 1.29 is 9.53 Å². The molecule has 0 aliphatic carbocycles. The predicted molar refractivity (Wildman–Crippen MR) is 59.3 cm³/mol. The molecule has 16 heavy (non-hydrogen) atoms. The minimum Gasteiger partial charge on any atom is -0.352 e. The number of amides is 2. The number of nitrogens with zero attached hydrogens (tertiary/aromatic N) is 1. The highest BCUT2D eigenvalue weighted by molar-refractivity contribution is 5.73. The van der Waals surface area contributed by atoms with Crippen molar-refractivity contribution in [1.82, 2.24) is 4.90 Å². The average Bonchev–Trinajstić information content (AvgIpc) is 2.27. The molecule has 0 saturated carbocycles. The van der Waals surface area contributed by atoms with E-state index in [0.29, 0.717) is 13.2 Å². The Morgan fingerprint density at radius 2 is 2.12 bits per heavy atom. The molecule has 0 aromatic heterocycles. The molecule has 1 aromatic carbocycles. The average molecular weight is 221 g/mol. The Kier molecular flexibility index (Phi) is 3.07. The van der Waals surface area contributed by atoms with Gasteiger partial charge in [-0.3, -0.25) is 4.90 Å². The van der Waals surface area contributed by atoms with E-state index in [2.05, 4.69) is 0 Å². The number of carbonyl (C=O) groups excluding carboxylic acids is 1. The van der Waals surface area contributed by atoms with Crippen LogP contribution in [0, 0.1) is 0 Å². The Balaban J connectivity index is 1.88. The lowest BCUT2D eigenvalue weighted by atomic mass is 10.1. The van der Waals surface area contributed by atoms with Crippen molar-refractivity contribution >= 4 is 6.03 Å². The first kappa shape index (κ1) is 10.9. The Bertz CT molecular complexity index is 369. The van der Waals surface area contributed by atoms with E-state index >= 15 is 0 Å². The summed E-state index contributed by atoms with van der Waals surface area (Å²) < 4.78 is 5.55. The number of likely N-dealkylation sites (tertiary alicyclic amines) is 1. The monoisotopic (exact) mass is 221 g/mol. The second-order valence-corrected chi connectivity index (χ2v) is 3.84. The zero-order chi connectivity index (χ0) is 11.5. The van der Waals surface area contributed by atoms with Crippen molar-refractivity contribution in [3.8, 4) is 0 Å². The summed E-state index contributed by atoms with van der Waals surface area (Å²) in [5, 5.41) is 0. The van der Waals surface area contributed by atoms with Gasteiger partial charge in [0.1, 0.15) is 0 Å². The van der Waals surface area contributed by atoms with Crippen LogP contribution < -0.4 is 11.5 Å². The van der Waals surface area contributed by atoms with Crippen molar-refractivity contribution in [2.24, 2.45) is 11.5 Å². The lowest BCUT2D eigenvalue weighted by Gasteiger charge is -2.44. The molecule has 0 spiro atoms. The van der Waals surface area contributed by atoms with Gasteiger partial charge in [-0.15, -0.1) is 0 Å². The normalized spacial score (nSPS) is 23.9. The van der Waals surface area contributed by atoms with E-state index in [9.17, 15) is 4.79 Å². The minimum atomic E-state index is -0.486. The van der Waals surface area contributed by atoms with E-state index in [0.717, 1.165) is 5.56 Å². The number of ether oxygens (including phenoxy) is 1. The lowest BCUT2D eigenvalue weighted by Crippen LogP contribution is -2.68. The van der Waals surface area contributed by atoms with Gasteiger partial charge in [0, 0.05) is 6.54 Å². The first-order valence-corrected chi connectivity index (χ1v) is 5.15. The first-order valence-electron chi connectivity index (χ1n) is 5.15. The SMILES string of the molecule is NC(=O)N1CC(N)C1OCc1ccccc1. The fourth-order valence-corrected chi connectivity index (χ4v) is 1.70. The number of rotatable bonds is 3. The van der Waals surface area contributed by atoms with Gasteiger partial charge in [-0.1, -0.05) is 30.3 Å². The highest BCUT2D eigenvalue weighted by atomic mass is 16.5. The summed E-state index contributed by atoms with van der Waals surface area (Å²) in [4.78, 5) is 12.4. The highest BCUT2D eigenvalue weighted by Gasteiger charge is 2.39. The molecular weight excluding hydrogens is 206 g/mol. The third-order valence-corrected chi connectivity index (χ3v) is 2.63. The van der Waals surface area contributed by atoms with Crippen molar-refractivity contribution in [3.05, 3.63) is 35.9 Å².